The summed E-state index contributed by atoms with van der Waals surface area (Å²) in [4.78, 5) is 26.7. The number of aliphatic hydroxyl groups is 1. The number of piperidine rings is 1. The van der Waals surface area contributed by atoms with Gasteiger partial charge in [0, 0.05) is 24.8 Å². The Hall–Kier alpha value is -2.32. The van der Waals surface area contributed by atoms with Gasteiger partial charge in [0.1, 0.15) is 11.9 Å². The molecule has 2 heterocycles. The van der Waals surface area contributed by atoms with E-state index in [0.29, 0.717) is 30.7 Å². The topological polar surface area (TPSA) is 100 Å². The summed E-state index contributed by atoms with van der Waals surface area (Å²) in [5.41, 5.74) is 0.615. The highest BCUT2D eigenvalue weighted by Crippen LogP contribution is 2.24. The van der Waals surface area contributed by atoms with E-state index in [1.807, 2.05) is 4.90 Å². The van der Waals surface area contributed by atoms with Crippen LogP contribution in [-0.2, 0) is 9.53 Å². The number of rotatable bonds is 6. The quantitative estimate of drug-likeness (QED) is 0.673. The third-order valence-electron chi connectivity index (χ3n) is 5.55. The van der Waals surface area contributed by atoms with Crippen molar-refractivity contribution in [1.82, 2.24) is 10.2 Å². The van der Waals surface area contributed by atoms with E-state index in [1.165, 1.54) is 6.42 Å². The number of carbonyl (C=O) groups excluding carboxylic acids is 2. The molecule has 3 atom stereocenters. The zero-order chi connectivity index (χ0) is 20.6. The minimum Gasteiger partial charge on any atom is -0.497 e. The van der Waals surface area contributed by atoms with Gasteiger partial charge in [-0.1, -0.05) is 6.07 Å². The van der Waals surface area contributed by atoms with Crippen molar-refractivity contribution in [3.05, 3.63) is 24.3 Å². The van der Waals surface area contributed by atoms with Crippen LogP contribution < -0.4 is 15.4 Å². The van der Waals surface area contributed by atoms with Gasteiger partial charge in [-0.25, -0.2) is 4.79 Å². The number of nitrogens with one attached hydrogen (secondary N) is 2. The zero-order valence-corrected chi connectivity index (χ0v) is 16.9. The first-order chi connectivity index (χ1) is 14.1. The lowest BCUT2D eigenvalue weighted by Gasteiger charge is -2.37. The maximum absolute atomic E-state index is 12.5. The number of likely N-dealkylation sites (tertiary alicyclic amines) is 1. The number of nitrogens with zero attached hydrogens (tertiary/aromatic N) is 1. The molecule has 3 amide bonds. The van der Waals surface area contributed by atoms with Crippen LogP contribution in [0.1, 0.15) is 38.5 Å². The van der Waals surface area contributed by atoms with E-state index in [-0.39, 0.29) is 30.7 Å². The monoisotopic (exact) mass is 405 g/mol. The van der Waals surface area contributed by atoms with Crippen LogP contribution in [0.5, 0.6) is 5.75 Å². The second-order valence-electron chi connectivity index (χ2n) is 7.64. The van der Waals surface area contributed by atoms with Gasteiger partial charge in [-0.2, -0.15) is 0 Å². The Kier molecular flexibility index (Phi) is 7.71. The van der Waals surface area contributed by atoms with Crippen LogP contribution >= 0.6 is 0 Å². The molecular formula is C21H31N3O5. The minimum absolute atomic E-state index is 0.119. The smallest absolute Gasteiger partial charge is 0.319 e. The Balaban J connectivity index is 1.48. The molecule has 29 heavy (non-hydrogen) atoms. The summed E-state index contributed by atoms with van der Waals surface area (Å²) in [6, 6.07) is 6.40. The molecule has 2 aliphatic heterocycles. The van der Waals surface area contributed by atoms with Crippen LogP contribution in [0.4, 0.5) is 10.5 Å². The fraction of sp³-hybridized carbons (Fsp3) is 0.619. The minimum atomic E-state index is -0.529. The molecule has 0 spiro atoms. The van der Waals surface area contributed by atoms with Gasteiger partial charge in [-0.3, -0.25) is 4.79 Å². The number of urea groups is 1. The van der Waals surface area contributed by atoms with Gasteiger partial charge < -0.3 is 30.1 Å². The number of hydrogen-bond donors (Lipinski definition) is 3. The number of hydrogen-bond acceptors (Lipinski definition) is 5. The van der Waals surface area contributed by atoms with Crippen LogP contribution in [-0.4, -0.2) is 67.0 Å². The van der Waals surface area contributed by atoms with Crippen molar-refractivity contribution in [2.24, 2.45) is 0 Å². The first kappa shape index (κ1) is 21.4. The molecular weight excluding hydrogens is 374 g/mol. The molecule has 0 unspecified atom stereocenters. The Morgan fingerprint density at radius 2 is 2.03 bits per heavy atom. The van der Waals surface area contributed by atoms with E-state index >= 15 is 0 Å². The van der Waals surface area contributed by atoms with Crippen LogP contribution in [0.15, 0.2) is 24.3 Å². The van der Waals surface area contributed by atoms with Gasteiger partial charge in [-0.05, 0) is 44.2 Å². The molecule has 0 bridgehead atoms. The molecule has 0 aromatic heterocycles. The maximum atomic E-state index is 12.5. The van der Waals surface area contributed by atoms with Gasteiger partial charge in [0.25, 0.3) is 0 Å². The normalized spacial score (nSPS) is 24.6. The summed E-state index contributed by atoms with van der Waals surface area (Å²) < 4.78 is 11.1. The lowest BCUT2D eigenvalue weighted by Crippen LogP contribution is -2.52. The summed E-state index contributed by atoms with van der Waals surface area (Å²) in [5, 5.41) is 15.4. The third kappa shape index (κ3) is 6.08. The first-order valence-electron chi connectivity index (χ1n) is 10.3. The molecule has 2 saturated heterocycles. The summed E-state index contributed by atoms with van der Waals surface area (Å²) in [6.07, 6.45) is 4.20. The number of benzene rings is 1. The molecule has 160 valence electrons. The van der Waals surface area contributed by atoms with Gasteiger partial charge in [-0.15, -0.1) is 0 Å². The Morgan fingerprint density at radius 1 is 1.24 bits per heavy atom. The molecule has 0 saturated carbocycles. The van der Waals surface area contributed by atoms with Crippen molar-refractivity contribution >= 4 is 17.6 Å². The van der Waals surface area contributed by atoms with Crippen LogP contribution in [0.25, 0.3) is 0 Å². The molecule has 1 aromatic carbocycles. The van der Waals surface area contributed by atoms with E-state index in [9.17, 15) is 14.7 Å². The van der Waals surface area contributed by atoms with Crippen molar-refractivity contribution in [3.8, 4) is 5.75 Å². The fourth-order valence-electron chi connectivity index (χ4n) is 3.95. The third-order valence-corrected chi connectivity index (χ3v) is 5.55. The van der Waals surface area contributed by atoms with E-state index in [1.54, 1.807) is 31.4 Å². The molecule has 3 N–H and O–H groups in total. The van der Waals surface area contributed by atoms with Crippen molar-refractivity contribution in [3.63, 3.8) is 0 Å². The second-order valence-corrected chi connectivity index (χ2v) is 7.64. The van der Waals surface area contributed by atoms with Crippen LogP contribution in [0.2, 0.25) is 0 Å². The number of ether oxygens (including phenoxy) is 2. The molecule has 8 heteroatoms. The number of aliphatic hydroxyl groups excluding tert-OH is 1. The number of anilines is 1. The Bertz CT molecular complexity index is 693. The molecule has 0 radical (unpaired) electrons. The summed E-state index contributed by atoms with van der Waals surface area (Å²) >= 11 is 0. The average Bonchev–Trinajstić information content (AvgIpc) is 2.75. The highest BCUT2D eigenvalue weighted by atomic mass is 16.5. The van der Waals surface area contributed by atoms with E-state index in [0.717, 1.165) is 25.9 Å². The van der Waals surface area contributed by atoms with Crippen molar-refractivity contribution in [2.75, 3.05) is 32.1 Å². The number of methoxy groups -OCH3 is 1. The van der Waals surface area contributed by atoms with Crippen molar-refractivity contribution in [2.45, 2.75) is 56.8 Å². The molecule has 1 aromatic rings. The molecule has 0 aliphatic carbocycles. The largest absolute Gasteiger partial charge is 0.497 e. The Morgan fingerprint density at radius 3 is 2.76 bits per heavy atom. The molecule has 2 fully saturated rings. The highest BCUT2D eigenvalue weighted by Gasteiger charge is 2.33. The van der Waals surface area contributed by atoms with E-state index < -0.39 is 6.10 Å². The van der Waals surface area contributed by atoms with Gasteiger partial charge >= 0.3 is 6.03 Å². The van der Waals surface area contributed by atoms with E-state index in [4.69, 9.17) is 9.47 Å². The lowest BCUT2D eigenvalue weighted by atomic mass is 9.96. The fourth-order valence-corrected chi connectivity index (χ4v) is 3.95. The van der Waals surface area contributed by atoms with E-state index in [2.05, 4.69) is 10.6 Å². The van der Waals surface area contributed by atoms with Crippen molar-refractivity contribution < 1.29 is 24.2 Å². The Labute approximate surface area is 171 Å². The second kappa shape index (κ2) is 10.5. The number of amides is 3. The molecule has 3 rings (SSSR count). The molecule has 2 aliphatic rings. The highest BCUT2D eigenvalue weighted by molar-refractivity contribution is 5.89. The standard InChI is InChI=1S/C21H31N3O5/c1-28-16-7-5-6-15(12-16)22-21(27)23-18-9-8-17(29-19(18)14-25)13-20(26)24-10-3-2-4-11-24/h5-7,12,17-19,25H,2-4,8-11,13-14H2,1H3,(H2,22,23,27)/t17-,18+,19-/m1/s1. The summed E-state index contributed by atoms with van der Waals surface area (Å²) in [5.74, 6) is 0.770. The van der Waals surface area contributed by atoms with Crippen LogP contribution in [0, 0.1) is 0 Å². The first-order valence-corrected chi connectivity index (χ1v) is 10.3. The molecule has 8 nitrogen and oxygen atoms in total. The predicted octanol–water partition coefficient (Wildman–Crippen LogP) is 2.13. The maximum Gasteiger partial charge on any atom is 0.319 e. The lowest BCUT2D eigenvalue weighted by molar-refractivity contribution is -0.141. The zero-order valence-electron chi connectivity index (χ0n) is 16.9. The van der Waals surface area contributed by atoms with Crippen molar-refractivity contribution in [1.29, 1.82) is 0 Å². The number of carbonyl (C=O) groups is 2. The van der Waals surface area contributed by atoms with Gasteiger partial charge in [0.05, 0.1) is 32.3 Å². The van der Waals surface area contributed by atoms with Gasteiger partial charge in [0.2, 0.25) is 5.91 Å². The van der Waals surface area contributed by atoms with Crippen LogP contribution in [0.3, 0.4) is 0 Å². The predicted molar refractivity (Wildman–Crippen MR) is 109 cm³/mol. The average molecular weight is 405 g/mol. The summed E-state index contributed by atoms with van der Waals surface area (Å²) in [7, 11) is 1.57. The van der Waals surface area contributed by atoms with Gasteiger partial charge in [0.15, 0.2) is 0 Å². The summed E-state index contributed by atoms with van der Waals surface area (Å²) in [6.45, 7) is 1.44. The SMILES string of the molecule is COc1cccc(NC(=O)N[C@H]2CC[C@H](CC(=O)N3CCCCC3)O[C@@H]2CO)c1.